The number of carboxylic acids is 1. The highest BCUT2D eigenvalue weighted by Gasteiger charge is 2.26. The number of nitrogens with one attached hydrogen (secondary N) is 1. The van der Waals surface area contributed by atoms with Crippen LogP contribution in [-0.2, 0) is 9.59 Å². The van der Waals surface area contributed by atoms with E-state index in [9.17, 15) is 9.59 Å². The summed E-state index contributed by atoms with van der Waals surface area (Å²) in [6.07, 6.45) is 0. The molecule has 0 radical (unpaired) electrons. The van der Waals surface area contributed by atoms with Gasteiger partial charge in [-0.1, -0.05) is 0 Å². The van der Waals surface area contributed by atoms with Gasteiger partial charge in [0.2, 0.25) is 5.91 Å². The van der Waals surface area contributed by atoms with Crippen molar-refractivity contribution < 1.29 is 14.7 Å². The molecule has 98 valence electrons. The largest absolute Gasteiger partial charge is 0.481 e. The summed E-state index contributed by atoms with van der Waals surface area (Å²) in [5.74, 6) is -1.77. The number of carbonyl (C=O) groups excluding carboxylic acids is 1. The summed E-state index contributed by atoms with van der Waals surface area (Å²) in [6, 6.07) is 8.74. The molecule has 6 heteroatoms. The molecule has 1 aliphatic heterocycles. The molecule has 6 nitrogen and oxygen atoms in total. The van der Waals surface area contributed by atoms with Crippen molar-refractivity contribution in [3.63, 3.8) is 0 Å². The zero-order chi connectivity index (χ0) is 13.8. The predicted octanol–water partition coefficient (Wildman–Crippen LogP) is 0.195. The Labute approximate surface area is 110 Å². The Kier molecular flexibility index (Phi) is 3.66. The third kappa shape index (κ3) is 3.01. The Morgan fingerprint density at radius 3 is 2.68 bits per heavy atom. The molecule has 0 aromatic heterocycles. The van der Waals surface area contributed by atoms with Crippen LogP contribution in [0.1, 0.15) is 5.56 Å². The molecule has 19 heavy (non-hydrogen) atoms. The highest BCUT2D eigenvalue weighted by atomic mass is 16.4. The van der Waals surface area contributed by atoms with Crippen LogP contribution in [0.2, 0.25) is 0 Å². The SMILES string of the molecule is N#Cc1ccc(N2CC(=O)NCC(C(=O)O)C2)cc1. The van der Waals surface area contributed by atoms with Crippen molar-refractivity contribution in [1.82, 2.24) is 5.32 Å². The second kappa shape index (κ2) is 5.40. The summed E-state index contributed by atoms with van der Waals surface area (Å²) in [7, 11) is 0. The molecule has 1 atom stereocenters. The maximum absolute atomic E-state index is 11.6. The lowest BCUT2D eigenvalue weighted by Crippen LogP contribution is -2.34. The molecule has 1 heterocycles. The minimum atomic E-state index is -0.930. The van der Waals surface area contributed by atoms with E-state index in [1.807, 2.05) is 6.07 Å². The first kappa shape index (κ1) is 12.9. The first-order chi connectivity index (χ1) is 9.10. The van der Waals surface area contributed by atoms with E-state index in [1.54, 1.807) is 29.2 Å². The lowest BCUT2D eigenvalue weighted by Gasteiger charge is -2.23. The van der Waals surface area contributed by atoms with Crippen LogP contribution in [0.3, 0.4) is 0 Å². The number of carboxylic acid groups (broad SMARTS) is 1. The Hall–Kier alpha value is -2.55. The van der Waals surface area contributed by atoms with Crippen molar-refractivity contribution in [2.75, 3.05) is 24.5 Å². The molecule has 1 saturated heterocycles. The highest BCUT2D eigenvalue weighted by molar-refractivity contribution is 5.83. The van der Waals surface area contributed by atoms with Crippen LogP contribution in [0.15, 0.2) is 24.3 Å². The van der Waals surface area contributed by atoms with Crippen molar-refractivity contribution >= 4 is 17.6 Å². The summed E-state index contributed by atoms with van der Waals surface area (Å²) >= 11 is 0. The zero-order valence-corrected chi connectivity index (χ0v) is 10.2. The van der Waals surface area contributed by atoms with E-state index >= 15 is 0 Å². The monoisotopic (exact) mass is 259 g/mol. The van der Waals surface area contributed by atoms with E-state index in [0.717, 1.165) is 5.69 Å². The van der Waals surface area contributed by atoms with Gasteiger partial charge in [-0.2, -0.15) is 5.26 Å². The molecule has 1 unspecified atom stereocenters. The maximum atomic E-state index is 11.6. The molecule has 0 aliphatic carbocycles. The lowest BCUT2D eigenvalue weighted by molar-refractivity contribution is -0.141. The molecule has 1 amide bonds. The van der Waals surface area contributed by atoms with Gasteiger partial charge in [-0.3, -0.25) is 9.59 Å². The van der Waals surface area contributed by atoms with Gasteiger partial charge in [0.1, 0.15) is 0 Å². The molecule has 1 aliphatic rings. The number of hydrogen-bond acceptors (Lipinski definition) is 4. The molecule has 2 rings (SSSR count). The Morgan fingerprint density at radius 1 is 1.42 bits per heavy atom. The molecule has 2 N–H and O–H groups in total. The summed E-state index contributed by atoms with van der Waals surface area (Å²) in [6.45, 7) is 0.524. The summed E-state index contributed by atoms with van der Waals surface area (Å²) < 4.78 is 0. The average molecular weight is 259 g/mol. The van der Waals surface area contributed by atoms with Gasteiger partial charge < -0.3 is 15.3 Å². The van der Waals surface area contributed by atoms with Gasteiger partial charge in [0.15, 0.2) is 0 Å². The standard InChI is InChI=1S/C13H13N3O3/c14-5-9-1-3-11(4-2-9)16-7-10(13(18)19)6-15-12(17)8-16/h1-4,10H,6-8H2,(H,15,17)(H,18,19). The number of rotatable bonds is 2. The van der Waals surface area contributed by atoms with Gasteiger partial charge in [0, 0.05) is 18.8 Å². The second-order valence-corrected chi connectivity index (χ2v) is 4.38. The van der Waals surface area contributed by atoms with Gasteiger partial charge >= 0.3 is 5.97 Å². The number of carbonyl (C=O) groups is 2. The third-order valence-corrected chi connectivity index (χ3v) is 3.03. The number of benzene rings is 1. The Balaban J connectivity index is 2.22. The van der Waals surface area contributed by atoms with Crippen molar-refractivity contribution in [3.05, 3.63) is 29.8 Å². The fourth-order valence-corrected chi connectivity index (χ4v) is 1.97. The van der Waals surface area contributed by atoms with Crippen LogP contribution in [0.4, 0.5) is 5.69 Å². The van der Waals surface area contributed by atoms with Crippen LogP contribution < -0.4 is 10.2 Å². The minimum absolute atomic E-state index is 0.121. The van der Waals surface area contributed by atoms with Gasteiger partial charge in [0.05, 0.1) is 24.1 Å². The van der Waals surface area contributed by atoms with Gasteiger partial charge in [-0.25, -0.2) is 0 Å². The zero-order valence-electron chi connectivity index (χ0n) is 10.2. The van der Waals surface area contributed by atoms with E-state index in [2.05, 4.69) is 5.32 Å². The molecule has 1 fully saturated rings. The molecule has 0 saturated carbocycles. The van der Waals surface area contributed by atoms with E-state index in [-0.39, 0.29) is 25.5 Å². The Morgan fingerprint density at radius 2 is 2.11 bits per heavy atom. The smallest absolute Gasteiger partial charge is 0.310 e. The predicted molar refractivity (Wildman–Crippen MR) is 67.5 cm³/mol. The highest BCUT2D eigenvalue weighted by Crippen LogP contribution is 2.18. The fourth-order valence-electron chi connectivity index (χ4n) is 1.97. The fraction of sp³-hybridized carbons (Fsp3) is 0.308. The summed E-state index contributed by atoms with van der Waals surface area (Å²) in [4.78, 5) is 24.3. The van der Waals surface area contributed by atoms with Crippen LogP contribution in [0.5, 0.6) is 0 Å². The molecule has 1 aromatic rings. The molecular formula is C13H13N3O3. The number of nitrogens with zero attached hydrogens (tertiary/aromatic N) is 2. The van der Waals surface area contributed by atoms with Crippen molar-refractivity contribution in [1.29, 1.82) is 5.26 Å². The first-order valence-electron chi connectivity index (χ1n) is 5.85. The normalized spacial score (nSPS) is 19.2. The molecule has 0 spiro atoms. The Bertz CT molecular complexity index is 533. The summed E-state index contributed by atoms with van der Waals surface area (Å²) in [5, 5.41) is 20.4. The minimum Gasteiger partial charge on any atom is -0.481 e. The van der Waals surface area contributed by atoms with Gasteiger partial charge in [-0.05, 0) is 24.3 Å². The van der Waals surface area contributed by atoms with Crippen LogP contribution in [0.25, 0.3) is 0 Å². The number of nitriles is 1. The van der Waals surface area contributed by atoms with Crippen LogP contribution in [0, 0.1) is 17.2 Å². The van der Waals surface area contributed by atoms with Crippen molar-refractivity contribution in [3.8, 4) is 6.07 Å². The third-order valence-electron chi connectivity index (χ3n) is 3.03. The van der Waals surface area contributed by atoms with Gasteiger partial charge in [-0.15, -0.1) is 0 Å². The van der Waals surface area contributed by atoms with Crippen molar-refractivity contribution in [2.45, 2.75) is 0 Å². The summed E-state index contributed by atoms with van der Waals surface area (Å²) in [5.41, 5.74) is 1.26. The molecule has 0 bridgehead atoms. The van der Waals surface area contributed by atoms with Crippen LogP contribution >= 0.6 is 0 Å². The van der Waals surface area contributed by atoms with Crippen LogP contribution in [-0.4, -0.2) is 36.6 Å². The number of anilines is 1. The van der Waals surface area contributed by atoms with E-state index in [1.165, 1.54) is 0 Å². The second-order valence-electron chi connectivity index (χ2n) is 4.38. The maximum Gasteiger partial charge on any atom is 0.310 e. The number of aliphatic carboxylic acids is 1. The number of hydrogen-bond donors (Lipinski definition) is 2. The van der Waals surface area contributed by atoms with E-state index in [0.29, 0.717) is 5.56 Å². The van der Waals surface area contributed by atoms with Gasteiger partial charge in [0.25, 0.3) is 0 Å². The first-order valence-corrected chi connectivity index (χ1v) is 5.85. The molecular weight excluding hydrogens is 246 g/mol. The van der Waals surface area contributed by atoms with E-state index < -0.39 is 11.9 Å². The number of amides is 1. The van der Waals surface area contributed by atoms with Crippen molar-refractivity contribution in [2.24, 2.45) is 5.92 Å². The van der Waals surface area contributed by atoms with E-state index in [4.69, 9.17) is 10.4 Å². The molecule has 1 aromatic carbocycles. The quantitative estimate of drug-likeness (QED) is 0.791. The topological polar surface area (TPSA) is 93.4 Å². The lowest BCUT2D eigenvalue weighted by atomic mass is 10.1. The average Bonchev–Trinajstić information content (AvgIpc) is 2.61.